The van der Waals surface area contributed by atoms with E-state index in [4.69, 9.17) is 22.1 Å². The van der Waals surface area contributed by atoms with Crippen molar-refractivity contribution in [3.8, 4) is 5.75 Å². The summed E-state index contributed by atoms with van der Waals surface area (Å²) in [5.74, 6) is 0.856. The fourth-order valence-corrected chi connectivity index (χ4v) is 2.06. The van der Waals surface area contributed by atoms with Gasteiger partial charge in [0.2, 0.25) is 0 Å². The van der Waals surface area contributed by atoms with Crippen molar-refractivity contribution in [3.63, 3.8) is 0 Å². The van der Waals surface area contributed by atoms with Crippen molar-refractivity contribution >= 4 is 17.3 Å². The highest BCUT2D eigenvalue weighted by Crippen LogP contribution is 2.28. The molecule has 0 saturated heterocycles. The first-order valence-electron chi connectivity index (χ1n) is 5.81. The number of ether oxygens (including phenoxy) is 1. The fraction of sp³-hybridized carbons (Fsp3) is 0.200. The second-order valence-corrected chi connectivity index (χ2v) is 4.78. The fourth-order valence-electron chi connectivity index (χ4n) is 1.85. The first-order valence-corrected chi connectivity index (χ1v) is 6.18. The number of halogens is 1. The van der Waals surface area contributed by atoms with E-state index in [0.717, 1.165) is 33.1 Å². The second-order valence-electron chi connectivity index (χ2n) is 4.34. The highest BCUT2D eigenvalue weighted by Gasteiger charge is 2.07. The third-order valence-corrected chi connectivity index (χ3v) is 3.15. The lowest BCUT2D eigenvalue weighted by molar-refractivity contribution is 0.302. The van der Waals surface area contributed by atoms with Crippen molar-refractivity contribution in [2.75, 3.05) is 5.73 Å². The SMILES string of the molecule is Cc1ccc(N)c(C)c1OCc1cccc(Cl)c1. The molecule has 0 aliphatic rings. The number of nitrogens with two attached hydrogens (primary N) is 1. The summed E-state index contributed by atoms with van der Waals surface area (Å²) in [6.07, 6.45) is 0. The van der Waals surface area contributed by atoms with Gasteiger partial charge in [-0.25, -0.2) is 0 Å². The lowest BCUT2D eigenvalue weighted by Crippen LogP contribution is -2.01. The minimum Gasteiger partial charge on any atom is -0.488 e. The van der Waals surface area contributed by atoms with Crippen LogP contribution in [-0.4, -0.2) is 0 Å². The second kappa shape index (κ2) is 5.32. The Hall–Kier alpha value is -1.67. The molecular weight excluding hydrogens is 246 g/mol. The van der Waals surface area contributed by atoms with Gasteiger partial charge in [0, 0.05) is 16.3 Å². The Bertz CT molecular complexity index is 566. The summed E-state index contributed by atoms with van der Waals surface area (Å²) in [6.45, 7) is 4.47. The third kappa shape index (κ3) is 2.77. The van der Waals surface area contributed by atoms with Crippen LogP contribution in [0.2, 0.25) is 5.02 Å². The number of nitrogen functional groups attached to an aromatic ring is 1. The molecule has 0 bridgehead atoms. The van der Waals surface area contributed by atoms with Crippen molar-refractivity contribution in [1.82, 2.24) is 0 Å². The zero-order valence-electron chi connectivity index (χ0n) is 10.5. The Morgan fingerprint density at radius 3 is 2.67 bits per heavy atom. The van der Waals surface area contributed by atoms with Crippen LogP contribution < -0.4 is 10.5 Å². The molecule has 94 valence electrons. The molecule has 0 aliphatic carbocycles. The predicted octanol–water partition coefficient (Wildman–Crippen LogP) is 4.12. The molecule has 0 atom stereocenters. The Morgan fingerprint density at radius 1 is 1.17 bits per heavy atom. The summed E-state index contributed by atoms with van der Waals surface area (Å²) >= 11 is 5.94. The number of anilines is 1. The van der Waals surface area contributed by atoms with E-state index in [9.17, 15) is 0 Å². The number of hydrogen-bond acceptors (Lipinski definition) is 2. The van der Waals surface area contributed by atoms with Gasteiger partial charge in [-0.05, 0) is 43.2 Å². The lowest BCUT2D eigenvalue weighted by Gasteiger charge is -2.13. The predicted molar refractivity (Wildman–Crippen MR) is 76.1 cm³/mol. The van der Waals surface area contributed by atoms with Gasteiger partial charge in [0.1, 0.15) is 12.4 Å². The molecule has 2 aromatic carbocycles. The highest BCUT2D eigenvalue weighted by atomic mass is 35.5. The van der Waals surface area contributed by atoms with Crippen molar-refractivity contribution < 1.29 is 4.74 Å². The molecule has 2 rings (SSSR count). The minimum absolute atomic E-state index is 0.492. The topological polar surface area (TPSA) is 35.2 Å². The van der Waals surface area contributed by atoms with Gasteiger partial charge in [0.25, 0.3) is 0 Å². The van der Waals surface area contributed by atoms with E-state index in [1.807, 2.05) is 50.2 Å². The molecule has 2 nitrogen and oxygen atoms in total. The summed E-state index contributed by atoms with van der Waals surface area (Å²) < 4.78 is 5.85. The van der Waals surface area contributed by atoms with Crippen LogP contribution in [0.5, 0.6) is 5.75 Å². The smallest absolute Gasteiger partial charge is 0.127 e. The van der Waals surface area contributed by atoms with Crippen LogP contribution >= 0.6 is 11.6 Å². The van der Waals surface area contributed by atoms with Crippen LogP contribution in [0.25, 0.3) is 0 Å². The molecule has 0 heterocycles. The van der Waals surface area contributed by atoms with Crippen molar-refractivity contribution in [2.45, 2.75) is 20.5 Å². The maximum atomic E-state index is 5.94. The monoisotopic (exact) mass is 261 g/mol. The van der Waals surface area contributed by atoms with Crippen molar-refractivity contribution in [3.05, 3.63) is 58.1 Å². The molecule has 0 spiro atoms. The van der Waals surface area contributed by atoms with Crippen LogP contribution in [0.1, 0.15) is 16.7 Å². The first-order chi connectivity index (χ1) is 8.58. The third-order valence-electron chi connectivity index (χ3n) is 2.92. The summed E-state index contributed by atoms with van der Waals surface area (Å²) in [5.41, 5.74) is 9.75. The molecule has 0 fully saturated rings. The average Bonchev–Trinajstić information content (AvgIpc) is 2.34. The van der Waals surface area contributed by atoms with Gasteiger partial charge < -0.3 is 10.5 Å². The normalized spacial score (nSPS) is 10.4. The van der Waals surface area contributed by atoms with Crippen LogP contribution in [0.4, 0.5) is 5.69 Å². The standard InChI is InChI=1S/C15H16ClNO/c1-10-6-7-14(17)11(2)15(10)18-9-12-4-3-5-13(16)8-12/h3-8H,9,17H2,1-2H3. The van der Waals surface area contributed by atoms with Crippen molar-refractivity contribution in [2.24, 2.45) is 0 Å². The van der Waals surface area contributed by atoms with Crippen molar-refractivity contribution in [1.29, 1.82) is 0 Å². The van der Waals surface area contributed by atoms with E-state index in [1.54, 1.807) is 0 Å². The zero-order chi connectivity index (χ0) is 13.1. The van der Waals surface area contributed by atoms with Gasteiger partial charge >= 0.3 is 0 Å². The number of benzene rings is 2. The molecular formula is C15H16ClNO. The largest absolute Gasteiger partial charge is 0.488 e. The van der Waals surface area contributed by atoms with Crippen LogP contribution in [-0.2, 0) is 6.61 Å². The lowest BCUT2D eigenvalue weighted by atomic mass is 10.1. The number of hydrogen-bond donors (Lipinski definition) is 1. The molecule has 0 aliphatic heterocycles. The van der Waals surface area contributed by atoms with E-state index in [0.29, 0.717) is 6.61 Å². The number of aryl methyl sites for hydroxylation is 1. The summed E-state index contributed by atoms with van der Waals surface area (Å²) in [5, 5.41) is 0.720. The Kier molecular flexibility index (Phi) is 3.78. The minimum atomic E-state index is 0.492. The van der Waals surface area contributed by atoms with Gasteiger partial charge in [0.15, 0.2) is 0 Å². The van der Waals surface area contributed by atoms with E-state index < -0.39 is 0 Å². The number of rotatable bonds is 3. The Labute approximate surface area is 112 Å². The average molecular weight is 262 g/mol. The summed E-state index contributed by atoms with van der Waals surface area (Å²) in [4.78, 5) is 0. The highest BCUT2D eigenvalue weighted by molar-refractivity contribution is 6.30. The van der Waals surface area contributed by atoms with Gasteiger partial charge in [-0.2, -0.15) is 0 Å². The molecule has 18 heavy (non-hydrogen) atoms. The van der Waals surface area contributed by atoms with Crippen LogP contribution in [0.3, 0.4) is 0 Å². The molecule has 2 aromatic rings. The van der Waals surface area contributed by atoms with Crippen LogP contribution in [0, 0.1) is 13.8 Å². The maximum Gasteiger partial charge on any atom is 0.127 e. The molecule has 0 aromatic heterocycles. The molecule has 3 heteroatoms. The van der Waals surface area contributed by atoms with Gasteiger partial charge in [-0.3, -0.25) is 0 Å². The molecule has 0 saturated carbocycles. The van der Waals surface area contributed by atoms with Gasteiger partial charge in [0.05, 0.1) is 0 Å². The molecule has 0 unspecified atom stereocenters. The van der Waals surface area contributed by atoms with Crippen LogP contribution in [0.15, 0.2) is 36.4 Å². The quantitative estimate of drug-likeness (QED) is 0.844. The van der Waals surface area contributed by atoms with E-state index >= 15 is 0 Å². The Morgan fingerprint density at radius 2 is 1.94 bits per heavy atom. The van der Waals surface area contributed by atoms with E-state index in [1.165, 1.54) is 0 Å². The summed E-state index contributed by atoms with van der Waals surface area (Å²) in [7, 11) is 0. The van der Waals surface area contributed by atoms with Gasteiger partial charge in [-0.1, -0.05) is 29.8 Å². The maximum absolute atomic E-state index is 5.94. The molecule has 2 N–H and O–H groups in total. The molecule has 0 amide bonds. The van der Waals surface area contributed by atoms with E-state index in [-0.39, 0.29) is 0 Å². The van der Waals surface area contributed by atoms with E-state index in [2.05, 4.69) is 0 Å². The molecule has 0 radical (unpaired) electrons. The van der Waals surface area contributed by atoms with Gasteiger partial charge in [-0.15, -0.1) is 0 Å². The first kappa shape index (κ1) is 12.8. The summed E-state index contributed by atoms with van der Waals surface area (Å²) in [6, 6.07) is 11.5. The zero-order valence-corrected chi connectivity index (χ0v) is 11.3. The Balaban J connectivity index is 2.18.